The molecule has 8 heteroatoms. The molecule has 2 aromatic carbocycles. The number of nitrogens with one attached hydrogen (secondary N) is 1. The Morgan fingerprint density at radius 2 is 1.76 bits per heavy atom. The van der Waals surface area contributed by atoms with Gasteiger partial charge in [-0.2, -0.15) is 0 Å². The zero-order valence-corrected chi connectivity index (χ0v) is 14.4. The van der Waals surface area contributed by atoms with E-state index in [1.807, 2.05) is 0 Å². The van der Waals surface area contributed by atoms with Gasteiger partial charge in [0.25, 0.3) is 0 Å². The molecule has 3 N–H and O–H groups in total. The minimum atomic E-state index is -1.03. The molecule has 0 saturated carbocycles. The van der Waals surface area contributed by atoms with Crippen molar-refractivity contribution >= 4 is 35.0 Å². The van der Waals surface area contributed by atoms with Crippen LogP contribution in [0.1, 0.15) is 11.1 Å². The van der Waals surface area contributed by atoms with E-state index >= 15 is 0 Å². The van der Waals surface area contributed by atoms with E-state index in [0.717, 1.165) is 6.07 Å². The average Bonchev–Trinajstić information content (AvgIpc) is 2.51. The summed E-state index contributed by atoms with van der Waals surface area (Å²) in [5.41, 5.74) is 5.89. The van der Waals surface area contributed by atoms with Gasteiger partial charge in [0.1, 0.15) is 17.7 Å². The van der Waals surface area contributed by atoms with E-state index < -0.39 is 29.5 Å². The molecule has 0 spiro atoms. The summed E-state index contributed by atoms with van der Waals surface area (Å²) in [6, 6.07) is 6.58. The second-order valence-electron chi connectivity index (χ2n) is 5.37. The Bertz CT molecular complexity index is 815. The van der Waals surface area contributed by atoms with Crippen molar-refractivity contribution in [2.75, 3.05) is 0 Å². The monoisotopic (exact) mass is 386 g/mol. The summed E-state index contributed by atoms with van der Waals surface area (Å²) in [5, 5.41) is 3.19. The van der Waals surface area contributed by atoms with Gasteiger partial charge in [0, 0.05) is 22.5 Å². The van der Waals surface area contributed by atoms with Crippen molar-refractivity contribution in [2.45, 2.75) is 18.9 Å². The molecule has 0 bridgehead atoms. The van der Waals surface area contributed by atoms with Crippen LogP contribution in [-0.4, -0.2) is 17.9 Å². The highest BCUT2D eigenvalue weighted by atomic mass is 35.5. The Morgan fingerprint density at radius 1 is 1.08 bits per heavy atom. The van der Waals surface area contributed by atoms with Gasteiger partial charge in [-0.3, -0.25) is 9.59 Å². The molecule has 1 atom stereocenters. The maximum atomic E-state index is 13.6. The van der Waals surface area contributed by atoms with Crippen LogP contribution in [-0.2, 0) is 22.4 Å². The molecule has 0 unspecified atom stereocenters. The van der Waals surface area contributed by atoms with Gasteiger partial charge in [0.05, 0.1) is 6.42 Å². The van der Waals surface area contributed by atoms with Crippen LogP contribution in [0.2, 0.25) is 10.0 Å². The van der Waals surface area contributed by atoms with Crippen LogP contribution in [0.25, 0.3) is 0 Å². The second-order valence-corrected chi connectivity index (χ2v) is 6.22. The van der Waals surface area contributed by atoms with Crippen LogP contribution >= 0.6 is 23.2 Å². The Labute approximate surface area is 152 Å². The van der Waals surface area contributed by atoms with Crippen LogP contribution in [0.4, 0.5) is 8.78 Å². The summed E-state index contributed by atoms with van der Waals surface area (Å²) in [4.78, 5) is 23.7. The SMILES string of the molecule is NC(=O)[C@@H](Cc1ccc(Cl)cc1Cl)NC(=O)Cc1ccc(F)cc1F. The van der Waals surface area contributed by atoms with Crippen LogP contribution in [0, 0.1) is 11.6 Å². The fraction of sp³-hybridized carbons (Fsp3) is 0.176. The molecule has 2 amide bonds. The molecule has 0 heterocycles. The molecule has 0 saturated heterocycles. The first-order chi connectivity index (χ1) is 11.8. The number of halogens is 4. The highest BCUT2D eigenvalue weighted by molar-refractivity contribution is 6.35. The van der Waals surface area contributed by atoms with Gasteiger partial charge < -0.3 is 11.1 Å². The Kier molecular flexibility index (Phi) is 6.33. The lowest BCUT2D eigenvalue weighted by Crippen LogP contribution is -2.46. The van der Waals surface area contributed by atoms with Crippen LogP contribution in [0.5, 0.6) is 0 Å². The largest absolute Gasteiger partial charge is 0.368 e. The van der Waals surface area contributed by atoms with Gasteiger partial charge in [0.2, 0.25) is 11.8 Å². The number of carbonyl (C=O) groups excluding carboxylic acids is 2. The molecular formula is C17H14Cl2F2N2O2. The highest BCUT2D eigenvalue weighted by Crippen LogP contribution is 2.22. The highest BCUT2D eigenvalue weighted by Gasteiger charge is 2.21. The fourth-order valence-corrected chi connectivity index (χ4v) is 2.70. The summed E-state index contributed by atoms with van der Waals surface area (Å²) >= 11 is 11.9. The molecule has 0 fully saturated rings. The number of hydrogen-bond donors (Lipinski definition) is 2. The molecule has 2 aromatic rings. The molecular weight excluding hydrogens is 373 g/mol. The zero-order chi connectivity index (χ0) is 18.6. The number of benzene rings is 2. The van der Waals surface area contributed by atoms with E-state index in [4.69, 9.17) is 28.9 Å². The average molecular weight is 387 g/mol. The Morgan fingerprint density at radius 3 is 2.36 bits per heavy atom. The minimum Gasteiger partial charge on any atom is -0.368 e. The Balaban J connectivity index is 2.07. The lowest BCUT2D eigenvalue weighted by molar-refractivity contribution is -0.127. The van der Waals surface area contributed by atoms with Crippen molar-refractivity contribution in [3.05, 3.63) is 69.2 Å². The van der Waals surface area contributed by atoms with E-state index in [2.05, 4.69) is 5.32 Å². The van der Waals surface area contributed by atoms with Gasteiger partial charge >= 0.3 is 0 Å². The van der Waals surface area contributed by atoms with Crippen LogP contribution < -0.4 is 11.1 Å². The number of carbonyl (C=O) groups is 2. The zero-order valence-electron chi connectivity index (χ0n) is 12.9. The molecule has 4 nitrogen and oxygen atoms in total. The third-order valence-electron chi connectivity index (χ3n) is 3.48. The molecule has 0 aromatic heterocycles. The predicted molar refractivity (Wildman–Crippen MR) is 91.4 cm³/mol. The maximum absolute atomic E-state index is 13.6. The Hall–Kier alpha value is -2.18. The van der Waals surface area contributed by atoms with E-state index in [1.54, 1.807) is 12.1 Å². The first kappa shape index (κ1) is 19.1. The summed E-state index contributed by atoms with van der Waals surface area (Å²) in [6.07, 6.45) is -0.298. The quantitative estimate of drug-likeness (QED) is 0.800. The van der Waals surface area contributed by atoms with Gasteiger partial charge in [-0.05, 0) is 29.3 Å². The number of nitrogens with two attached hydrogens (primary N) is 1. The maximum Gasteiger partial charge on any atom is 0.240 e. The molecule has 0 aliphatic heterocycles. The number of amides is 2. The van der Waals surface area contributed by atoms with Crippen molar-refractivity contribution < 1.29 is 18.4 Å². The van der Waals surface area contributed by atoms with E-state index in [1.165, 1.54) is 12.1 Å². The minimum absolute atomic E-state index is 0.00615. The first-order valence-electron chi connectivity index (χ1n) is 7.23. The second kappa shape index (κ2) is 8.27. The topological polar surface area (TPSA) is 72.2 Å². The van der Waals surface area contributed by atoms with Crippen LogP contribution in [0.15, 0.2) is 36.4 Å². The van der Waals surface area contributed by atoms with Crippen molar-refractivity contribution in [3.63, 3.8) is 0 Å². The molecule has 0 radical (unpaired) electrons. The molecule has 2 rings (SSSR count). The van der Waals surface area contributed by atoms with Crippen molar-refractivity contribution in [1.29, 1.82) is 0 Å². The smallest absolute Gasteiger partial charge is 0.240 e. The standard InChI is InChI=1S/C17H14Cl2F2N2O2/c18-11-3-1-9(13(19)7-11)5-15(17(22)25)23-16(24)6-10-2-4-12(20)8-14(10)21/h1-4,7-8,15H,5-6H2,(H2,22,25)(H,23,24)/t15-/m1/s1. The predicted octanol–water partition coefficient (Wildman–Crippen LogP) is 3.03. The molecule has 25 heavy (non-hydrogen) atoms. The summed E-state index contributed by atoms with van der Waals surface area (Å²) in [7, 11) is 0. The van der Waals surface area contributed by atoms with Crippen molar-refractivity contribution in [3.8, 4) is 0 Å². The normalized spacial score (nSPS) is 11.8. The van der Waals surface area contributed by atoms with Gasteiger partial charge in [-0.25, -0.2) is 8.78 Å². The molecule has 0 aliphatic rings. The molecule has 132 valence electrons. The van der Waals surface area contributed by atoms with E-state index in [9.17, 15) is 18.4 Å². The third kappa shape index (κ3) is 5.41. The fourth-order valence-electron chi connectivity index (χ4n) is 2.21. The summed E-state index contributed by atoms with van der Waals surface area (Å²) in [6.45, 7) is 0. The van der Waals surface area contributed by atoms with E-state index in [0.29, 0.717) is 21.7 Å². The summed E-state index contributed by atoms with van der Waals surface area (Å²) in [5.74, 6) is -2.97. The van der Waals surface area contributed by atoms with E-state index in [-0.39, 0.29) is 18.4 Å². The third-order valence-corrected chi connectivity index (χ3v) is 4.07. The van der Waals surface area contributed by atoms with Crippen molar-refractivity contribution in [1.82, 2.24) is 5.32 Å². The molecule has 0 aliphatic carbocycles. The van der Waals surface area contributed by atoms with Gasteiger partial charge in [0.15, 0.2) is 0 Å². The lowest BCUT2D eigenvalue weighted by Gasteiger charge is -2.16. The lowest BCUT2D eigenvalue weighted by atomic mass is 10.0. The first-order valence-corrected chi connectivity index (χ1v) is 7.98. The number of rotatable bonds is 6. The van der Waals surface area contributed by atoms with Crippen LogP contribution in [0.3, 0.4) is 0 Å². The van der Waals surface area contributed by atoms with Gasteiger partial charge in [-0.15, -0.1) is 0 Å². The number of primary amides is 1. The van der Waals surface area contributed by atoms with Crippen molar-refractivity contribution in [2.24, 2.45) is 5.73 Å². The van der Waals surface area contributed by atoms with Gasteiger partial charge in [-0.1, -0.05) is 35.3 Å². The number of hydrogen-bond acceptors (Lipinski definition) is 2. The summed E-state index contributed by atoms with van der Waals surface area (Å²) < 4.78 is 26.5.